The fraction of sp³-hybridized carbons (Fsp3) is 0.778. The van der Waals surface area contributed by atoms with E-state index in [1.54, 1.807) is 4.57 Å². The highest BCUT2D eigenvalue weighted by Gasteiger charge is 2.30. The normalized spacial score (nSPS) is 15.9. The molecule has 0 radical (unpaired) electrons. The smallest absolute Gasteiger partial charge is 0.348 e. The molecule has 0 spiro atoms. The highest BCUT2D eigenvalue weighted by Crippen LogP contribution is 2.35. The molecule has 1 saturated carbocycles. The zero-order chi connectivity index (χ0) is 10.1. The van der Waals surface area contributed by atoms with Gasteiger partial charge in [-0.15, -0.1) is 5.10 Å². The van der Waals surface area contributed by atoms with Crippen LogP contribution in [0.2, 0.25) is 0 Å². The molecule has 0 saturated heterocycles. The Morgan fingerprint density at radius 1 is 1.50 bits per heavy atom. The molecule has 0 N–H and O–H groups in total. The van der Waals surface area contributed by atoms with Crippen LogP contribution in [0.15, 0.2) is 4.79 Å². The van der Waals surface area contributed by atoms with Crippen LogP contribution in [0.4, 0.5) is 0 Å². The van der Waals surface area contributed by atoms with E-state index in [1.807, 2.05) is 13.8 Å². The third-order valence-corrected chi connectivity index (χ3v) is 2.32. The molecule has 0 aliphatic heterocycles. The van der Waals surface area contributed by atoms with Crippen molar-refractivity contribution in [3.8, 4) is 6.01 Å². The molecule has 0 aromatic carbocycles. The molecule has 5 heteroatoms. The minimum atomic E-state index is -0.0431. The lowest BCUT2D eigenvalue weighted by Gasteiger charge is -2.02. The number of aryl methyl sites for hydroxylation is 1. The average molecular weight is 197 g/mol. The van der Waals surface area contributed by atoms with Gasteiger partial charge in [-0.1, -0.05) is 0 Å². The molecule has 2 rings (SSSR count). The predicted octanol–water partition coefficient (Wildman–Crippen LogP) is 0.798. The Labute approximate surface area is 82.3 Å². The van der Waals surface area contributed by atoms with Crippen LogP contribution in [0.25, 0.3) is 0 Å². The largest absolute Gasteiger partial charge is 0.464 e. The van der Waals surface area contributed by atoms with Gasteiger partial charge in [-0.3, -0.25) is 0 Å². The summed E-state index contributed by atoms with van der Waals surface area (Å²) in [6, 6.07) is 0.797. The van der Waals surface area contributed by atoms with Gasteiger partial charge in [0.2, 0.25) is 0 Å². The highest BCUT2D eigenvalue weighted by molar-refractivity contribution is 5.01. The lowest BCUT2D eigenvalue weighted by atomic mass is 10.7. The summed E-state index contributed by atoms with van der Waals surface area (Å²) in [5.41, 5.74) is -0.0431. The Kier molecular flexibility index (Phi) is 2.31. The lowest BCUT2D eigenvalue weighted by molar-refractivity contribution is 0.293. The SMILES string of the molecule is CCOc1nn(CC)c(=O)n1C1CC1. The molecule has 1 aliphatic carbocycles. The van der Waals surface area contributed by atoms with E-state index in [1.165, 1.54) is 4.68 Å². The summed E-state index contributed by atoms with van der Waals surface area (Å²) in [5, 5.41) is 4.12. The van der Waals surface area contributed by atoms with E-state index in [0.717, 1.165) is 12.8 Å². The van der Waals surface area contributed by atoms with Gasteiger partial charge in [0.1, 0.15) is 0 Å². The molecule has 1 aromatic heterocycles. The zero-order valence-electron chi connectivity index (χ0n) is 8.56. The van der Waals surface area contributed by atoms with E-state index in [-0.39, 0.29) is 5.69 Å². The van der Waals surface area contributed by atoms with Gasteiger partial charge in [0.25, 0.3) is 0 Å². The van der Waals surface area contributed by atoms with Crippen LogP contribution in [0, 0.1) is 0 Å². The molecular weight excluding hydrogens is 182 g/mol. The summed E-state index contributed by atoms with van der Waals surface area (Å²) in [5.74, 6) is 0. The first-order valence-electron chi connectivity index (χ1n) is 5.10. The van der Waals surface area contributed by atoms with Gasteiger partial charge in [0.05, 0.1) is 6.61 Å². The van der Waals surface area contributed by atoms with Gasteiger partial charge in [-0.05, 0) is 26.7 Å². The Bertz CT molecular complexity index is 376. The summed E-state index contributed by atoms with van der Waals surface area (Å²) < 4.78 is 8.45. The molecule has 1 fully saturated rings. The van der Waals surface area contributed by atoms with E-state index in [2.05, 4.69) is 5.10 Å². The molecule has 5 nitrogen and oxygen atoms in total. The quantitative estimate of drug-likeness (QED) is 0.717. The average Bonchev–Trinajstić information content (AvgIpc) is 2.94. The van der Waals surface area contributed by atoms with E-state index in [9.17, 15) is 4.79 Å². The molecule has 0 bridgehead atoms. The van der Waals surface area contributed by atoms with Gasteiger partial charge in [-0.25, -0.2) is 14.0 Å². The van der Waals surface area contributed by atoms with Crippen molar-refractivity contribution in [2.75, 3.05) is 6.61 Å². The second-order valence-corrected chi connectivity index (χ2v) is 3.42. The second kappa shape index (κ2) is 3.48. The standard InChI is InChI=1S/C9H15N3O2/c1-3-11-9(13)12(7-5-6-7)8(10-11)14-4-2/h7H,3-6H2,1-2H3. The maximum atomic E-state index is 11.8. The van der Waals surface area contributed by atoms with Crippen molar-refractivity contribution in [1.29, 1.82) is 0 Å². The molecule has 78 valence electrons. The Morgan fingerprint density at radius 2 is 2.21 bits per heavy atom. The maximum absolute atomic E-state index is 11.8. The number of hydrogen-bond donors (Lipinski definition) is 0. The van der Waals surface area contributed by atoms with Crippen molar-refractivity contribution >= 4 is 0 Å². The Hall–Kier alpha value is -1.26. The lowest BCUT2D eigenvalue weighted by Crippen LogP contribution is -2.23. The van der Waals surface area contributed by atoms with Crippen molar-refractivity contribution < 1.29 is 4.74 Å². The molecule has 14 heavy (non-hydrogen) atoms. The highest BCUT2D eigenvalue weighted by atomic mass is 16.5. The fourth-order valence-electron chi connectivity index (χ4n) is 1.48. The van der Waals surface area contributed by atoms with Crippen LogP contribution < -0.4 is 10.4 Å². The van der Waals surface area contributed by atoms with Crippen molar-refractivity contribution in [2.45, 2.75) is 39.3 Å². The molecule has 1 heterocycles. The van der Waals surface area contributed by atoms with Crippen LogP contribution >= 0.6 is 0 Å². The first-order chi connectivity index (χ1) is 6.77. The van der Waals surface area contributed by atoms with Gasteiger partial charge >= 0.3 is 11.7 Å². The topological polar surface area (TPSA) is 49.1 Å². The van der Waals surface area contributed by atoms with E-state index >= 15 is 0 Å². The maximum Gasteiger partial charge on any atom is 0.348 e. The summed E-state index contributed by atoms with van der Waals surface area (Å²) >= 11 is 0. The Morgan fingerprint density at radius 3 is 2.71 bits per heavy atom. The zero-order valence-corrected chi connectivity index (χ0v) is 8.56. The molecule has 0 atom stereocenters. The van der Waals surface area contributed by atoms with E-state index < -0.39 is 0 Å². The van der Waals surface area contributed by atoms with Gasteiger partial charge < -0.3 is 4.74 Å². The fourth-order valence-corrected chi connectivity index (χ4v) is 1.48. The number of aromatic nitrogens is 3. The number of hydrogen-bond acceptors (Lipinski definition) is 3. The van der Waals surface area contributed by atoms with Crippen molar-refractivity contribution in [2.24, 2.45) is 0 Å². The van der Waals surface area contributed by atoms with Crippen molar-refractivity contribution in [3.63, 3.8) is 0 Å². The van der Waals surface area contributed by atoms with Crippen LogP contribution in [0.1, 0.15) is 32.7 Å². The minimum Gasteiger partial charge on any atom is -0.464 e. The van der Waals surface area contributed by atoms with Crippen LogP contribution in [0.5, 0.6) is 6.01 Å². The van der Waals surface area contributed by atoms with Gasteiger partial charge in [0.15, 0.2) is 0 Å². The molecule has 0 amide bonds. The van der Waals surface area contributed by atoms with Crippen molar-refractivity contribution in [3.05, 3.63) is 10.5 Å². The Balaban J connectivity index is 2.41. The second-order valence-electron chi connectivity index (χ2n) is 3.42. The van der Waals surface area contributed by atoms with Gasteiger partial charge in [-0.2, -0.15) is 0 Å². The van der Waals surface area contributed by atoms with E-state index in [0.29, 0.717) is 25.2 Å². The van der Waals surface area contributed by atoms with Crippen LogP contribution in [-0.2, 0) is 6.54 Å². The van der Waals surface area contributed by atoms with Crippen molar-refractivity contribution in [1.82, 2.24) is 14.3 Å². The first-order valence-corrected chi connectivity index (χ1v) is 5.10. The minimum absolute atomic E-state index is 0.0431. The van der Waals surface area contributed by atoms with Gasteiger partial charge in [0, 0.05) is 12.6 Å². The number of rotatable bonds is 4. The number of ether oxygens (including phenoxy) is 1. The summed E-state index contributed by atoms with van der Waals surface area (Å²) in [4.78, 5) is 11.8. The number of nitrogens with zero attached hydrogens (tertiary/aromatic N) is 3. The van der Waals surface area contributed by atoms with Crippen LogP contribution in [0.3, 0.4) is 0 Å². The molecule has 1 aromatic rings. The summed E-state index contributed by atoms with van der Waals surface area (Å²) in [6.45, 7) is 4.94. The van der Waals surface area contributed by atoms with Crippen LogP contribution in [-0.4, -0.2) is 21.0 Å². The predicted molar refractivity (Wildman–Crippen MR) is 51.6 cm³/mol. The summed E-state index contributed by atoms with van der Waals surface area (Å²) in [6.07, 6.45) is 2.13. The molecule has 1 aliphatic rings. The third-order valence-electron chi connectivity index (χ3n) is 2.32. The third kappa shape index (κ3) is 1.42. The first kappa shape index (κ1) is 9.30. The molecule has 0 unspecified atom stereocenters. The monoisotopic (exact) mass is 197 g/mol. The molecular formula is C9H15N3O2. The summed E-state index contributed by atoms with van der Waals surface area (Å²) in [7, 11) is 0. The van der Waals surface area contributed by atoms with E-state index in [4.69, 9.17) is 4.74 Å².